The Labute approximate surface area is 154 Å². The molecule has 0 amide bonds. The number of anilines is 1. The number of nitriles is 1. The summed E-state index contributed by atoms with van der Waals surface area (Å²) in [4.78, 5) is 8.42. The van der Waals surface area contributed by atoms with Crippen LogP contribution in [0.3, 0.4) is 0 Å². The zero-order valence-corrected chi connectivity index (χ0v) is 15.0. The van der Waals surface area contributed by atoms with Crippen molar-refractivity contribution in [2.45, 2.75) is 18.2 Å². The minimum Gasteiger partial charge on any atom is -0.479 e. The van der Waals surface area contributed by atoms with Crippen LogP contribution in [-0.2, 0) is 5.88 Å². The summed E-state index contributed by atoms with van der Waals surface area (Å²) in [5.41, 5.74) is 1.99. The lowest BCUT2D eigenvalue weighted by Gasteiger charge is -2.16. The molecule has 0 saturated heterocycles. The van der Waals surface area contributed by atoms with E-state index >= 15 is 0 Å². The van der Waals surface area contributed by atoms with Gasteiger partial charge in [-0.2, -0.15) is 5.26 Å². The van der Waals surface area contributed by atoms with E-state index in [9.17, 15) is 5.26 Å². The van der Waals surface area contributed by atoms with Gasteiger partial charge in [0.1, 0.15) is 23.6 Å². The van der Waals surface area contributed by atoms with Crippen molar-refractivity contribution in [3.63, 3.8) is 0 Å². The molecule has 0 aliphatic carbocycles. The first-order valence-electron chi connectivity index (χ1n) is 7.73. The highest BCUT2D eigenvalue weighted by Gasteiger charge is 2.12. The van der Waals surface area contributed by atoms with Crippen molar-refractivity contribution in [1.82, 2.24) is 30.2 Å². The molecule has 0 aliphatic rings. The number of nitrogens with zero attached hydrogens (tertiary/aromatic N) is 7. The summed E-state index contributed by atoms with van der Waals surface area (Å²) in [7, 11) is 1.76. The molecule has 0 radical (unpaired) electrons. The van der Waals surface area contributed by atoms with E-state index in [-0.39, 0.29) is 5.44 Å². The Kier molecular flexibility index (Phi) is 5.60. The van der Waals surface area contributed by atoms with Crippen LogP contribution in [0.5, 0.6) is 5.75 Å². The van der Waals surface area contributed by atoms with E-state index in [1.165, 1.54) is 18.1 Å². The van der Waals surface area contributed by atoms with Crippen molar-refractivity contribution in [3.05, 3.63) is 42.5 Å². The first kappa shape index (κ1) is 17.6. The molecule has 0 bridgehead atoms. The number of hydrogen-bond acceptors (Lipinski definition) is 9. The molecule has 132 valence electrons. The van der Waals surface area contributed by atoms with Gasteiger partial charge in [0.05, 0.1) is 11.4 Å². The maximum atomic E-state index is 9.34. The highest BCUT2D eigenvalue weighted by molar-refractivity contribution is 7.98. The molecule has 0 aliphatic heterocycles. The first-order chi connectivity index (χ1) is 12.7. The highest BCUT2D eigenvalue weighted by Crippen LogP contribution is 2.29. The van der Waals surface area contributed by atoms with Crippen molar-refractivity contribution in [2.24, 2.45) is 0 Å². The van der Waals surface area contributed by atoms with Crippen LogP contribution in [-0.4, -0.2) is 42.7 Å². The normalized spacial score (nSPS) is 11.6. The standard InChI is InChI=1S/C16H16N8OS/c1-11(26-10-24-9-21-22-23-24)25-15-5-12(3-4-13(15)6-17)14-7-19-16(18-2)20-8-14/h3-5,7-9,11H,10H2,1-2H3,(H,18,19,20)/t11-/m1/s1. The van der Waals surface area contributed by atoms with Gasteiger partial charge >= 0.3 is 0 Å². The number of aromatic nitrogens is 6. The van der Waals surface area contributed by atoms with Gasteiger partial charge in [-0.1, -0.05) is 17.8 Å². The minimum absolute atomic E-state index is 0.190. The highest BCUT2D eigenvalue weighted by atomic mass is 32.2. The molecule has 9 nitrogen and oxygen atoms in total. The summed E-state index contributed by atoms with van der Waals surface area (Å²) in [6, 6.07) is 7.56. The zero-order chi connectivity index (χ0) is 18.4. The van der Waals surface area contributed by atoms with Crippen LogP contribution in [0.4, 0.5) is 5.95 Å². The maximum Gasteiger partial charge on any atom is 0.222 e. The number of hydrogen-bond donors (Lipinski definition) is 1. The summed E-state index contributed by atoms with van der Waals surface area (Å²) in [6.07, 6.45) is 4.98. The molecular formula is C16H16N8OS. The van der Waals surface area contributed by atoms with Gasteiger partial charge in [-0.15, -0.1) is 5.10 Å². The average Bonchev–Trinajstić information content (AvgIpc) is 3.20. The topological polar surface area (TPSA) is 114 Å². The van der Waals surface area contributed by atoms with Crippen molar-refractivity contribution >= 4 is 17.7 Å². The van der Waals surface area contributed by atoms with Crippen LogP contribution in [0, 0.1) is 11.3 Å². The van der Waals surface area contributed by atoms with E-state index in [2.05, 4.69) is 36.9 Å². The van der Waals surface area contributed by atoms with Gasteiger partial charge in [0.2, 0.25) is 5.95 Å². The van der Waals surface area contributed by atoms with Crippen molar-refractivity contribution < 1.29 is 4.74 Å². The SMILES string of the molecule is CNc1ncc(-c2ccc(C#N)c(O[C@@H](C)SCn3cnnn3)c2)cn1. The average molecular weight is 368 g/mol. The summed E-state index contributed by atoms with van der Waals surface area (Å²) < 4.78 is 7.55. The molecule has 2 heterocycles. The second-order valence-electron chi connectivity index (χ2n) is 5.20. The number of benzene rings is 1. The molecule has 3 aromatic rings. The monoisotopic (exact) mass is 368 g/mol. The van der Waals surface area contributed by atoms with Gasteiger partial charge in [0.15, 0.2) is 0 Å². The number of nitrogens with one attached hydrogen (secondary N) is 1. The van der Waals surface area contributed by atoms with Crippen LogP contribution in [0.1, 0.15) is 12.5 Å². The Bertz CT molecular complexity index is 892. The molecular weight excluding hydrogens is 352 g/mol. The van der Waals surface area contributed by atoms with Gasteiger partial charge in [0.25, 0.3) is 0 Å². The van der Waals surface area contributed by atoms with E-state index in [0.29, 0.717) is 23.1 Å². The van der Waals surface area contributed by atoms with Gasteiger partial charge in [0, 0.05) is 25.0 Å². The summed E-state index contributed by atoms with van der Waals surface area (Å²) in [5.74, 6) is 1.61. The number of ether oxygens (including phenoxy) is 1. The predicted molar refractivity (Wildman–Crippen MR) is 97.2 cm³/mol. The molecule has 0 unspecified atom stereocenters. The maximum absolute atomic E-state index is 9.34. The molecule has 3 rings (SSSR count). The number of rotatable bonds is 7. The Hall–Kier alpha value is -3.19. The Morgan fingerprint density at radius 1 is 1.31 bits per heavy atom. The number of thioether (sulfide) groups is 1. The van der Waals surface area contributed by atoms with Crippen LogP contribution in [0.25, 0.3) is 11.1 Å². The second-order valence-corrected chi connectivity index (χ2v) is 6.45. The van der Waals surface area contributed by atoms with E-state index in [4.69, 9.17) is 4.74 Å². The Balaban J connectivity index is 1.75. The lowest BCUT2D eigenvalue weighted by Crippen LogP contribution is -2.10. The second kappa shape index (κ2) is 8.26. The van der Waals surface area contributed by atoms with E-state index in [1.54, 1.807) is 30.2 Å². The minimum atomic E-state index is -0.190. The van der Waals surface area contributed by atoms with E-state index < -0.39 is 0 Å². The lowest BCUT2D eigenvalue weighted by atomic mass is 10.1. The Morgan fingerprint density at radius 2 is 2.12 bits per heavy atom. The van der Waals surface area contributed by atoms with Gasteiger partial charge in [-0.25, -0.2) is 14.6 Å². The lowest BCUT2D eigenvalue weighted by molar-refractivity contribution is 0.306. The summed E-state index contributed by atoms with van der Waals surface area (Å²) in [6.45, 7) is 1.91. The molecule has 0 saturated carbocycles. The fraction of sp³-hybridized carbons (Fsp3) is 0.250. The van der Waals surface area contributed by atoms with E-state index in [0.717, 1.165) is 11.1 Å². The number of tetrazole rings is 1. The van der Waals surface area contributed by atoms with Gasteiger partial charge in [-0.3, -0.25) is 0 Å². The van der Waals surface area contributed by atoms with E-state index in [1.807, 2.05) is 19.1 Å². The summed E-state index contributed by atoms with van der Waals surface area (Å²) >= 11 is 1.51. The molecule has 2 aromatic heterocycles. The van der Waals surface area contributed by atoms with Crippen molar-refractivity contribution in [3.8, 4) is 22.9 Å². The summed E-state index contributed by atoms with van der Waals surface area (Å²) in [5, 5.41) is 23.2. The molecule has 1 N–H and O–H groups in total. The fourth-order valence-corrected chi connectivity index (χ4v) is 2.78. The van der Waals surface area contributed by atoms with Crippen LogP contribution < -0.4 is 10.1 Å². The molecule has 10 heteroatoms. The third kappa shape index (κ3) is 4.25. The van der Waals surface area contributed by atoms with Crippen LogP contribution in [0.2, 0.25) is 0 Å². The van der Waals surface area contributed by atoms with Crippen LogP contribution >= 0.6 is 11.8 Å². The molecule has 26 heavy (non-hydrogen) atoms. The van der Waals surface area contributed by atoms with Crippen molar-refractivity contribution in [2.75, 3.05) is 12.4 Å². The largest absolute Gasteiger partial charge is 0.479 e. The predicted octanol–water partition coefficient (Wildman–Crippen LogP) is 2.16. The molecule has 1 atom stereocenters. The smallest absolute Gasteiger partial charge is 0.222 e. The molecule has 0 fully saturated rings. The molecule has 1 aromatic carbocycles. The Morgan fingerprint density at radius 3 is 2.77 bits per heavy atom. The van der Waals surface area contributed by atoms with Crippen molar-refractivity contribution in [1.29, 1.82) is 5.26 Å². The molecule has 0 spiro atoms. The first-order valence-corrected chi connectivity index (χ1v) is 8.78. The van der Waals surface area contributed by atoms with Crippen LogP contribution in [0.15, 0.2) is 36.9 Å². The van der Waals surface area contributed by atoms with Gasteiger partial charge in [-0.05, 0) is 35.0 Å². The zero-order valence-electron chi connectivity index (χ0n) is 14.2. The third-order valence-electron chi connectivity index (χ3n) is 3.44. The van der Waals surface area contributed by atoms with Gasteiger partial charge < -0.3 is 10.1 Å². The fourth-order valence-electron chi connectivity index (χ4n) is 2.13. The third-order valence-corrected chi connectivity index (χ3v) is 4.42. The quantitative estimate of drug-likeness (QED) is 0.626.